The number of rotatable bonds is 4. The molecule has 162 valence electrons. The number of hydrogen-bond acceptors (Lipinski definition) is 6. The molecule has 3 heterocycles. The van der Waals surface area contributed by atoms with E-state index in [1.165, 1.54) is 6.26 Å². The summed E-state index contributed by atoms with van der Waals surface area (Å²) >= 11 is 0. The van der Waals surface area contributed by atoms with E-state index in [9.17, 15) is 13.2 Å². The summed E-state index contributed by atoms with van der Waals surface area (Å²) in [6, 6.07) is 10.3. The number of hydrogen-bond donors (Lipinski definition) is 1. The molecular weight excluding hydrogens is 412 g/mol. The van der Waals surface area contributed by atoms with Crippen LogP contribution in [0, 0.1) is 12.8 Å². The number of carbonyl (C=O) groups excluding carboxylic acids is 1. The van der Waals surface area contributed by atoms with Gasteiger partial charge >= 0.3 is 0 Å². The molecule has 1 aliphatic rings. The fraction of sp³-hybridized carbons (Fsp3) is 0.348. The molecule has 1 N–H and O–H groups in total. The van der Waals surface area contributed by atoms with Gasteiger partial charge in [0.15, 0.2) is 15.5 Å². The van der Waals surface area contributed by atoms with Crippen LogP contribution in [0.25, 0.3) is 11.0 Å². The zero-order valence-electron chi connectivity index (χ0n) is 17.9. The standard InChI is InChI=1S/C23H26N4O3S/c1-15-5-4-12-27(14-15)23(28)20-13-24-22-19(11-6-16(2)25-22)21(20)26-17-7-9-18(10-8-17)31(3,29)30/h6-11,13,15H,4-5,12,14H2,1-3H3,(H,24,25,26). The molecule has 1 fully saturated rings. The van der Waals surface area contributed by atoms with Gasteiger partial charge in [-0.2, -0.15) is 0 Å². The average molecular weight is 439 g/mol. The van der Waals surface area contributed by atoms with Gasteiger partial charge in [0.05, 0.1) is 16.1 Å². The van der Waals surface area contributed by atoms with Crippen molar-refractivity contribution in [3.05, 3.63) is 53.9 Å². The van der Waals surface area contributed by atoms with Crippen LogP contribution in [0.5, 0.6) is 0 Å². The first-order valence-corrected chi connectivity index (χ1v) is 12.2. The number of aromatic nitrogens is 2. The molecule has 0 spiro atoms. The quantitative estimate of drug-likeness (QED) is 0.663. The average Bonchev–Trinajstić information content (AvgIpc) is 2.73. The van der Waals surface area contributed by atoms with Gasteiger partial charge in [0.1, 0.15) is 0 Å². The van der Waals surface area contributed by atoms with Gasteiger partial charge in [0.25, 0.3) is 5.91 Å². The van der Waals surface area contributed by atoms with Crippen LogP contribution in [-0.4, -0.2) is 48.5 Å². The fourth-order valence-corrected chi connectivity index (χ4v) is 4.57. The van der Waals surface area contributed by atoms with Gasteiger partial charge in [-0.3, -0.25) is 4.79 Å². The van der Waals surface area contributed by atoms with Crippen molar-refractivity contribution < 1.29 is 13.2 Å². The Morgan fingerprint density at radius 1 is 1.16 bits per heavy atom. The number of aryl methyl sites for hydroxylation is 1. The highest BCUT2D eigenvalue weighted by atomic mass is 32.2. The number of carbonyl (C=O) groups is 1. The van der Waals surface area contributed by atoms with Gasteiger partial charge in [0, 0.05) is 42.3 Å². The highest BCUT2D eigenvalue weighted by Gasteiger charge is 2.25. The van der Waals surface area contributed by atoms with Crippen LogP contribution in [0.4, 0.5) is 11.4 Å². The lowest BCUT2D eigenvalue weighted by Crippen LogP contribution is -2.39. The van der Waals surface area contributed by atoms with E-state index in [1.54, 1.807) is 30.5 Å². The zero-order valence-corrected chi connectivity index (χ0v) is 18.7. The number of nitrogens with zero attached hydrogens (tertiary/aromatic N) is 3. The maximum Gasteiger partial charge on any atom is 0.257 e. The van der Waals surface area contributed by atoms with Crippen molar-refractivity contribution in [1.29, 1.82) is 0 Å². The Morgan fingerprint density at radius 3 is 2.58 bits per heavy atom. The molecule has 1 aliphatic heterocycles. The van der Waals surface area contributed by atoms with Crippen molar-refractivity contribution in [1.82, 2.24) is 14.9 Å². The van der Waals surface area contributed by atoms with Crippen LogP contribution in [0.3, 0.4) is 0 Å². The third-order valence-corrected chi connectivity index (χ3v) is 6.72. The smallest absolute Gasteiger partial charge is 0.257 e. The molecule has 0 saturated carbocycles. The fourth-order valence-electron chi connectivity index (χ4n) is 3.94. The third kappa shape index (κ3) is 4.54. The van der Waals surface area contributed by atoms with E-state index < -0.39 is 9.84 Å². The minimum atomic E-state index is -3.28. The van der Waals surface area contributed by atoms with Gasteiger partial charge < -0.3 is 10.2 Å². The lowest BCUT2D eigenvalue weighted by Gasteiger charge is -2.31. The van der Waals surface area contributed by atoms with Crippen molar-refractivity contribution in [2.45, 2.75) is 31.6 Å². The summed E-state index contributed by atoms with van der Waals surface area (Å²) in [6.07, 6.45) is 4.88. The maximum absolute atomic E-state index is 13.4. The Morgan fingerprint density at radius 2 is 1.90 bits per heavy atom. The Bertz CT molecular complexity index is 1240. The maximum atomic E-state index is 13.4. The molecule has 2 aromatic heterocycles. The van der Waals surface area contributed by atoms with E-state index >= 15 is 0 Å². The summed E-state index contributed by atoms with van der Waals surface area (Å²) in [5.74, 6) is 0.409. The predicted octanol–water partition coefficient (Wildman–Crippen LogP) is 3.96. The lowest BCUT2D eigenvalue weighted by molar-refractivity contribution is 0.0684. The Labute approximate surface area is 182 Å². The molecule has 0 aliphatic carbocycles. The molecule has 1 saturated heterocycles. The van der Waals surface area contributed by atoms with Crippen LogP contribution in [0.1, 0.15) is 35.8 Å². The van der Waals surface area contributed by atoms with E-state index in [0.717, 1.165) is 37.0 Å². The SMILES string of the molecule is Cc1ccc2c(Nc3ccc(S(C)(=O)=O)cc3)c(C(=O)N3CCCC(C)C3)cnc2n1. The van der Waals surface area contributed by atoms with Crippen LogP contribution in [0.15, 0.2) is 47.5 Å². The molecule has 31 heavy (non-hydrogen) atoms. The minimum absolute atomic E-state index is 0.0585. The summed E-state index contributed by atoms with van der Waals surface area (Å²) in [5.41, 5.74) is 3.19. The van der Waals surface area contributed by atoms with Crippen molar-refractivity contribution >= 4 is 38.2 Å². The van der Waals surface area contributed by atoms with Crippen molar-refractivity contribution in [3.8, 4) is 0 Å². The number of benzene rings is 1. The van der Waals surface area contributed by atoms with Gasteiger partial charge in [0.2, 0.25) is 0 Å². The molecule has 0 radical (unpaired) electrons. The molecule has 1 unspecified atom stereocenters. The predicted molar refractivity (Wildman–Crippen MR) is 121 cm³/mol. The first kappa shape index (κ1) is 21.2. The minimum Gasteiger partial charge on any atom is -0.354 e. The molecule has 7 nitrogen and oxygen atoms in total. The summed E-state index contributed by atoms with van der Waals surface area (Å²) in [5, 5.41) is 4.07. The second kappa shape index (κ2) is 8.26. The van der Waals surface area contributed by atoms with E-state index in [4.69, 9.17) is 0 Å². The number of fused-ring (bicyclic) bond motifs is 1. The third-order valence-electron chi connectivity index (χ3n) is 5.60. The number of nitrogens with one attached hydrogen (secondary N) is 1. The summed E-state index contributed by atoms with van der Waals surface area (Å²) in [6.45, 7) is 5.51. The summed E-state index contributed by atoms with van der Waals surface area (Å²) in [7, 11) is -3.28. The molecule has 3 aromatic rings. The van der Waals surface area contributed by atoms with Crippen LogP contribution < -0.4 is 5.32 Å². The number of likely N-dealkylation sites (tertiary alicyclic amines) is 1. The van der Waals surface area contributed by atoms with E-state index in [-0.39, 0.29) is 10.8 Å². The number of amides is 1. The highest BCUT2D eigenvalue weighted by molar-refractivity contribution is 7.90. The van der Waals surface area contributed by atoms with Crippen molar-refractivity contribution in [3.63, 3.8) is 0 Å². The molecule has 1 atom stereocenters. The van der Waals surface area contributed by atoms with Crippen LogP contribution >= 0.6 is 0 Å². The number of pyridine rings is 2. The monoisotopic (exact) mass is 438 g/mol. The molecule has 1 aromatic carbocycles. The molecular formula is C23H26N4O3S. The summed E-state index contributed by atoms with van der Waals surface area (Å²) in [4.78, 5) is 24.5. The van der Waals surface area contributed by atoms with Crippen molar-refractivity contribution in [2.75, 3.05) is 24.7 Å². The molecule has 8 heteroatoms. The highest BCUT2D eigenvalue weighted by Crippen LogP contribution is 2.31. The van der Waals surface area contributed by atoms with E-state index in [1.807, 2.05) is 24.0 Å². The van der Waals surface area contributed by atoms with Gasteiger partial charge in [-0.15, -0.1) is 0 Å². The first-order chi connectivity index (χ1) is 14.7. The zero-order chi connectivity index (χ0) is 22.2. The van der Waals surface area contributed by atoms with Crippen LogP contribution in [0.2, 0.25) is 0 Å². The Balaban J connectivity index is 1.77. The number of sulfone groups is 1. The Hall–Kier alpha value is -3.00. The second-order valence-corrected chi connectivity index (χ2v) is 10.3. The molecule has 1 amide bonds. The van der Waals surface area contributed by atoms with Gasteiger partial charge in [-0.1, -0.05) is 6.92 Å². The van der Waals surface area contributed by atoms with E-state index in [2.05, 4.69) is 22.2 Å². The van der Waals surface area contributed by atoms with Gasteiger partial charge in [-0.05, 0) is 62.1 Å². The molecule has 4 rings (SSSR count). The number of piperidine rings is 1. The Kier molecular flexibility index (Phi) is 5.66. The topological polar surface area (TPSA) is 92.3 Å². The second-order valence-electron chi connectivity index (χ2n) is 8.29. The lowest BCUT2D eigenvalue weighted by atomic mass is 9.99. The van der Waals surface area contributed by atoms with Gasteiger partial charge in [-0.25, -0.2) is 18.4 Å². The normalized spacial score (nSPS) is 17.0. The largest absolute Gasteiger partial charge is 0.354 e. The number of anilines is 2. The van der Waals surface area contributed by atoms with E-state index in [0.29, 0.717) is 28.5 Å². The summed E-state index contributed by atoms with van der Waals surface area (Å²) < 4.78 is 23.5. The first-order valence-electron chi connectivity index (χ1n) is 10.3. The molecule has 0 bridgehead atoms. The van der Waals surface area contributed by atoms with Crippen molar-refractivity contribution in [2.24, 2.45) is 5.92 Å². The van der Waals surface area contributed by atoms with Crippen LogP contribution in [-0.2, 0) is 9.84 Å².